The van der Waals surface area contributed by atoms with Crippen LogP contribution in [-0.4, -0.2) is 14.8 Å². The summed E-state index contributed by atoms with van der Waals surface area (Å²) < 4.78 is 24.3. The second-order valence-corrected chi connectivity index (χ2v) is 5.33. The Kier molecular flexibility index (Phi) is 4.18. The molecule has 4 heteroatoms. The van der Waals surface area contributed by atoms with E-state index in [4.69, 9.17) is 0 Å². The highest BCUT2D eigenvalue weighted by Crippen LogP contribution is 2.29. The van der Waals surface area contributed by atoms with E-state index in [0.29, 0.717) is 0 Å². The lowest BCUT2D eigenvalue weighted by molar-refractivity contribution is 0.521. The van der Waals surface area contributed by atoms with E-state index in [2.05, 4.69) is 6.92 Å². The molecule has 94 valence electrons. The Morgan fingerprint density at radius 1 is 1.29 bits per heavy atom. The first kappa shape index (κ1) is 12.6. The van der Waals surface area contributed by atoms with E-state index in [9.17, 15) is 8.76 Å². The van der Waals surface area contributed by atoms with E-state index in [1.165, 1.54) is 9.87 Å². The van der Waals surface area contributed by atoms with Crippen LogP contribution in [0.2, 0.25) is 0 Å². The number of hydrogen-bond donors (Lipinski definition) is 0. The maximum Gasteiger partial charge on any atom is 0.0485 e. The fourth-order valence-electron chi connectivity index (χ4n) is 2.44. The van der Waals surface area contributed by atoms with Crippen molar-refractivity contribution in [3.05, 3.63) is 29.8 Å². The van der Waals surface area contributed by atoms with Crippen LogP contribution in [0.15, 0.2) is 24.3 Å². The minimum Gasteiger partial charge on any atom is -0.755 e. The van der Waals surface area contributed by atoms with Crippen molar-refractivity contribution in [2.75, 3.05) is 4.31 Å². The first-order valence-electron chi connectivity index (χ1n) is 6.20. The second kappa shape index (κ2) is 5.65. The molecule has 1 saturated carbocycles. The lowest BCUT2D eigenvalue weighted by Crippen LogP contribution is -2.34. The van der Waals surface area contributed by atoms with Crippen molar-refractivity contribution in [1.29, 1.82) is 0 Å². The third-order valence-corrected chi connectivity index (χ3v) is 4.25. The van der Waals surface area contributed by atoms with Gasteiger partial charge in [-0.15, -0.1) is 0 Å². The number of nitrogens with zero attached hydrogens (tertiary/aromatic N) is 1. The molecule has 1 aromatic carbocycles. The molecule has 1 unspecified atom stereocenters. The molecule has 0 aliphatic heterocycles. The van der Waals surface area contributed by atoms with E-state index in [1.807, 2.05) is 24.3 Å². The molecule has 3 nitrogen and oxygen atoms in total. The minimum atomic E-state index is -2.17. The molecule has 1 fully saturated rings. The average molecular weight is 252 g/mol. The van der Waals surface area contributed by atoms with Crippen molar-refractivity contribution in [3.8, 4) is 0 Å². The minimum absolute atomic E-state index is 0.154. The summed E-state index contributed by atoms with van der Waals surface area (Å²) in [6.07, 6.45) is 5.19. The topological polar surface area (TPSA) is 43.4 Å². The second-order valence-electron chi connectivity index (χ2n) is 4.50. The molecule has 0 aromatic heterocycles. The molecule has 0 N–H and O–H groups in total. The van der Waals surface area contributed by atoms with E-state index in [-0.39, 0.29) is 6.04 Å². The summed E-state index contributed by atoms with van der Waals surface area (Å²) in [5, 5.41) is 0. The SMILES string of the molecule is CCc1ccc(N(C2CCCC2)S(=O)[O-])cc1. The van der Waals surface area contributed by atoms with Crippen LogP contribution in [0, 0.1) is 0 Å². The maximum atomic E-state index is 11.4. The summed E-state index contributed by atoms with van der Waals surface area (Å²) in [5.41, 5.74) is 2.03. The van der Waals surface area contributed by atoms with Crippen LogP contribution in [0.5, 0.6) is 0 Å². The van der Waals surface area contributed by atoms with Crippen molar-refractivity contribution in [2.45, 2.75) is 45.1 Å². The zero-order valence-electron chi connectivity index (χ0n) is 10.1. The van der Waals surface area contributed by atoms with Gasteiger partial charge in [0.15, 0.2) is 0 Å². The summed E-state index contributed by atoms with van der Waals surface area (Å²) in [7, 11) is 0. The normalized spacial score (nSPS) is 18.2. The van der Waals surface area contributed by atoms with E-state index < -0.39 is 11.3 Å². The standard InChI is InChI=1S/C13H19NO2S/c1-2-11-7-9-13(10-8-11)14(17(15)16)12-5-3-4-6-12/h7-10,12H,2-6H2,1H3,(H,15,16)/p-1. The Hall–Kier alpha value is -0.870. The van der Waals surface area contributed by atoms with Gasteiger partial charge in [-0.1, -0.05) is 31.9 Å². The zero-order valence-corrected chi connectivity index (χ0v) is 10.9. The molecule has 0 bridgehead atoms. The van der Waals surface area contributed by atoms with Crippen LogP contribution >= 0.6 is 0 Å². The van der Waals surface area contributed by atoms with Crippen LogP contribution in [0.4, 0.5) is 5.69 Å². The lowest BCUT2D eigenvalue weighted by Gasteiger charge is -2.32. The van der Waals surface area contributed by atoms with Gasteiger partial charge in [-0.2, -0.15) is 0 Å². The Morgan fingerprint density at radius 2 is 1.88 bits per heavy atom. The Bertz CT molecular complexity index is 385. The molecular weight excluding hydrogens is 234 g/mol. The summed E-state index contributed by atoms with van der Waals surface area (Å²) in [5.74, 6) is 0. The highest BCUT2D eigenvalue weighted by molar-refractivity contribution is 7.80. The summed E-state index contributed by atoms with van der Waals surface area (Å²) in [4.78, 5) is 0. The molecule has 17 heavy (non-hydrogen) atoms. The lowest BCUT2D eigenvalue weighted by atomic mass is 10.1. The van der Waals surface area contributed by atoms with Crippen LogP contribution in [0.25, 0.3) is 0 Å². The Morgan fingerprint density at radius 3 is 2.35 bits per heavy atom. The monoisotopic (exact) mass is 252 g/mol. The van der Waals surface area contributed by atoms with Gasteiger partial charge in [-0.05, 0) is 37.0 Å². The number of hydrogen-bond acceptors (Lipinski definition) is 2. The summed E-state index contributed by atoms with van der Waals surface area (Å²) in [6.45, 7) is 2.09. The molecule has 1 aromatic rings. The van der Waals surface area contributed by atoms with Gasteiger partial charge in [-0.25, -0.2) is 0 Å². The molecule has 0 saturated heterocycles. The molecule has 0 radical (unpaired) electrons. The molecule has 0 spiro atoms. The van der Waals surface area contributed by atoms with Crippen molar-refractivity contribution in [2.24, 2.45) is 0 Å². The molecule has 1 atom stereocenters. The van der Waals surface area contributed by atoms with Crippen LogP contribution in [0.1, 0.15) is 38.2 Å². The van der Waals surface area contributed by atoms with Crippen LogP contribution in [-0.2, 0) is 17.7 Å². The fraction of sp³-hybridized carbons (Fsp3) is 0.538. The van der Waals surface area contributed by atoms with Gasteiger partial charge in [0.2, 0.25) is 0 Å². The largest absolute Gasteiger partial charge is 0.755 e. The zero-order chi connectivity index (χ0) is 12.3. The molecule has 1 aliphatic rings. The first-order valence-corrected chi connectivity index (χ1v) is 7.23. The van der Waals surface area contributed by atoms with Crippen LogP contribution in [0.3, 0.4) is 0 Å². The van der Waals surface area contributed by atoms with Crippen molar-refractivity contribution < 1.29 is 8.76 Å². The van der Waals surface area contributed by atoms with Gasteiger partial charge >= 0.3 is 0 Å². The van der Waals surface area contributed by atoms with Crippen molar-refractivity contribution >= 4 is 17.0 Å². The van der Waals surface area contributed by atoms with Gasteiger partial charge in [0.05, 0.1) is 0 Å². The molecule has 2 rings (SSSR count). The molecule has 0 heterocycles. The van der Waals surface area contributed by atoms with Gasteiger partial charge in [0.1, 0.15) is 0 Å². The maximum absolute atomic E-state index is 11.4. The first-order chi connectivity index (χ1) is 8.22. The summed E-state index contributed by atoms with van der Waals surface area (Å²) in [6, 6.07) is 7.98. The number of aryl methyl sites for hydroxylation is 1. The predicted molar refractivity (Wildman–Crippen MR) is 69.5 cm³/mol. The molecular formula is C13H18NO2S-. The van der Waals surface area contributed by atoms with Gasteiger partial charge in [0, 0.05) is 23.0 Å². The Labute approximate surface area is 105 Å². The average Bonchev–Trinajstić information content (AvgIpc) is 2.83. The molecule has 1 aliphatic carbocycles. The quantitative estimate of drug-likeness (QED) is 0.773. The van der Waals surface area contributed by atoms with Crippen molar-refractivity contribution in [3.63, 3.8) is 0 Å². The van der Waals surface area contributed by atoms with E-state index >= 15 is 0 Å². The van der Waals surface area contributed by atoms with Gasteiger partial charge < -0.3 is 4.55 Å². The van der Waals surface area contributed by atoms with Crippen molar-refractivity contribution in [1.82, 2.24) is 0 Å². The molecule has 0 amide bonds. The highest BCUT2D eigenvalue weighted by Gasteiger charge is 2.23. The van der Waals surface area contributed by atoms with E-state index in [0.717, 1.165) is 37.8 Å². The number of anilines is 1. The van der Waals surface area contributed by atoms with Gasteiger partial charge in [0.25, 0.3) is 0 Å². The third kappa shape index (κ3) is 2.87. The van der Waals surface area contributed by atoms with Crippen LogP contribution < -0.4 is 4.31 Å². The van der Waals surface area contributed by atoms with Gasteiger partial charge in [-0.3, -0.25) is 8.51 Å². The summed E-state index contributed by atoms with van der Waals surface area (Å²) >= 11 is -2.17. The highest BCUT2D eigenvalue weighted by atomic mass is 32.2. The third-order valence-electron chi connectivity index (χ3n) is 3.42. The Balaban J connectivity index is 2.22. The van der Waals surface area contributed by atoms with E-state index in [1.54, 1.807) is 0 Å². The smallest absolute Gasteiger partial charge is 0.0485 e. The number of benzene rings is 1. The number of rotatable bonds is 4. The predicted octanol–water partition coefficient (Wildman–Crippen LogP) is 2.79. The fourth-order valence-corrected chi connectivity index (χ4v) is 3.18.